The van der Waals surface area contributed by atoms with E-state index in [-0.39, 0.29) is 12.1 Å². The maximum absolute atomic E-state index is 5.96. The molecular weight excluding hydrogens is 262 g/mol. The maximum Gasteiger partial charge on any atom is 0.0770 e. The van der Waals surface area contributed by atoms with E-state index in [0.29, 0.717) is 0 Å². The highest BCUT2D eigenvalue weighted by atomic mass is 16.5. The second kappa shape index (κ2) is 6.87. The first-order chi connectivity index (χ1) is 10.4. The molecule has 1 aliphatic rings. The van der Waals surface area contributed by atoms with Crippen molar-refractivity contribution in [3.05, 3.63) is 48.3 Å². The highest BCUT2D eigenvalue weighted by Gasteiger charge is 2.26. The number of rotatable bonds is 5. The van der Waals surface area contributed by atoms with Gasteiger partial charge >= 0.3 is 0 Å². The molecule has 0 amide bonds. The van der Waals surface area contributed by atoms with E-state index >= 15 is 0 Å². The quantitative estimate of drug-likeness (QED) is 0.917. The van der Waals surface area contributed by atoms with E-state index < -0.39 is 0 Å². The van der Waals surface area contributed by atoms with Gasteiger partial charge in [-0.15, -0.1) is 0 Å². The van der Waals surface area contributed by atoms with Crippen LogP contribution in [0.15, 0.2) is 42.7 Å². The van der Waals surface area contributed by atoms with E-state index in [9.17, 15) is 0 Å². The molecule has 1 aromatic heterocycles. The van der Waals surface area contributed by atoms with Crippen LogP contribution in [0, 0.1) is 0 Å². The third-order valence-electron chi connectivity index (χ3n) is 3.99. The Bertz CT molecular complexity index is 546. The summed E-state index contributed by atoms with van der Waals surface area (Å²) in [6, 6.07) is 10.4. The van der Waals surface area contributed by atoms with Gasteiger partial charge in [0.2, 0.25) is 0 Å². The van der Waals surface area contributed by atoms with Crippen molar-refractivity contribution in [3.8, 4) is 5.69 Å². The molecule has 0 radical (unpaired) electrons. The number of nitrogens with zero attached hydrogens (tertiary/aromatic N) is 2. The average Bonchev–Trinajstić information content (AvgIpc) is 3.04. The molecule has 3 rings (SSSR count). The zero-order valence-electron chi connectivity index (χ0n) is 12.5. The number of ether oxygens (including phenoxy) is 1. The molecule has 0 bridgehead atoms. The van der Waals surface area contributed by atoms with Crippen LogP contribution < -0.4 is 5.32 Å². The third kappa shape index (κ3) is 3.34. The molecule has 1 fully saturated rings. The number of hydrogen-bond donors (Lipinski definition) is 1. The van der Waals surface area contributed by atoms with Gasteiger partial charge in [-0.3, -0.25) is 0 Å². The second-order valence-corrected chi connectivity index (χ2v) is 5.49. The predicted octanol–water partition coefficient (Wildman–Crippen LogP) is 3.09. The van der Waals surface area contributed by atoms with Gasteiger partial charge in [0.1, 0.15) is 0 Å². The summed E-state index contributed by atoms with van der Waals surface area (Å²) in [4.78, 5) is 0. The number of benzene rings is 1. The Labute approximate surface area is 126 Å². The lowest BCUT2D eigenvalue weighted by Crippen LogP contribution is -2.35. The van der Waals surface area contributed by atoms with E-state index in [1.54, 1.807) is 0 Å². The summed E-state index contributed by atoms with van der Waals surface area (Å²) in [6.07, 6.45) is 7.87. The fourth-order valence-electron chi connectivity index (χ4n) is 2.93. The Morgan fingerprint density at radius 2 is 2.19 bits per heavy atom. The van der Waals surface area contributed by atoms with Crippen molar-refractivity contribution in [1.29, 1.82) is 0 Å². The van der Waals surface area contributed by atoms with Crippen LogP contribution >= 0.6 is 0 Å². The number of hydrogen-bond acceptors (Lipinski definition) is 3. The zero-order chi connectivity index (χ0) is 14.5. The lowest BCUT2D eigenvalue weighted by Gasteiger charge is -2.30. The van der Waals surface area contributed by atoms with Crippen LogP contribution in [0.3, 0.4) is 0 Å². The number of aromatic nitrogens is 2. The molecular formula is C17H23N3O. The van der Waals surface area contributed by atoms with Crippen LogP contribution in [-0.4, -0.2) is 29.0 Å². The predicted molar refractivity (Wildman–Crippen MR) is 83.6 cm³/mol. The first kappa shape index (κ1) is 14.3. The standard InChI is InChI=1S/C17H23N3O/c1-2-18-17(16-10-6-7-11-21-16)14-12-19-20(13-14)15-8-4-3-5-9-15/h3-5,8-9,12-13,16-18H,2,6-7,10-11H2,1H3. The molecule has 1 aliphatic heterocycles. The molecule has 1 aromatic carbocycles. The summed E-state index contributed by atoms with van der Waals surface area (Å²) >= 11 is 0. The van der Waals surface area contributed by atoms with Crippen LogP contribution in [0.25, 0.3) is 5.69 Å². The summed E-state index contributed by atoms with van der Waals surface area (Å²) in [5.41, 5.74) is 2.29. The van der Waals surface area contributed by atoms with E-state index in [2.05, 4.69) is 35.7 Å². The average molecular weight is 285 g/mol. The van der Waals surface area contributed by atoms with Crippen molar-refractivity contribution in [2.75, 3.05) is 13.2 Å². The molecule has 2 atom stereocenters. The van der Waals surface area contributed by atoms with E-state index in [4.69, 9.17) is 4.74 Å². The minimum Gasteiger partial charge on any atom is -0.376 e. The Kier molecular flexibility index (Phi) is 4.68. The normalized spacial score (nSPS) is 20.3. The van der Waals surface area contributed by atoms with Crippen LogP contribution in [0.5, 0.6) is 0 Å². The lowest BCUT2D eigenvalue weighted by atomic mass is 9.98. The highest BCUT2D eigenvalue weighted by molar-refractivity contribution is 5.31. The number of nitrogens with one attached hydrogen (secondary N) is 1. The summed E-state index contributed by atoms with van der Waals surface area (Å²) in [5, 5.41) is 8.06. The van der Waals surface area contributed by atoms with Gasteiger partial charge in [-0.2, -0.15) is 5.10 Å². The molecule has 0 spiro atoms. The van der Waals surface area contributed by atoms with Crippen LogP contribution in [0.2, 0.25) is 0 Å². The van der Waals surface area contributed by atoms with Crippen molar-refractivity contribution in [1.82, 2.24) is 15.1 Å². The smallest absolute Gasteiger partial charge is 0.0770 e. The van der Waals surface area contributed by atoms with Crippen LogP contribution in [0.1, 0.15) is 37.8 Å². The van der Waals surface area contributed by atoms with Gasteiger partial charge in [-0.05, 0) is 37.9 Å². The molecule has 2 heterocycles. The molecule has 1 N–H and O–H groups in total. The number of likely N-dealkylation sites (N-methyl/N-ethyl adjacent to an activating group) is 1. The van der Waals surface area contributed by atoms with Crippen molar-refractivity contribution in [2.24, 2.45) is 0 Å². The molecule has 0 aliphatic carbocycles. The fourth-order valence-corrected chi connectivity index (χ4v) is 2.93. The molecule has 4 heteroatoms. The first-order valence-electron chi connectivity index (χ1n) is 7.83. The van der Waals surface area contributed by atoms with Gasteiger partial charge in [0.25, 0.3) is 0 Å². The molecule has 2 unspecified atom stereocenters. The summed E-state index contributed by atoms with van der Waals surface area (Å²) in [7, 11) is 0. The van der Waals surface area contributed by atoms with E-state index in [1.165, 1.54) is 18.4 Å². The van der Waals surface area contributed by atoms with Gasteiger partial charge < -0.3 is 10.1 Å². The van der Waals surface area contributed by atoms with Gasteiger partial charge in [-0.25, -0.2) is 4.68 Å². The molecule has 21 heavy (non-hydrogen) atoms. The maximum atomic E-state index is 5.96. The minimum absolute atomic E-state index is 0.229. The van der Waals surface area contributed by atoms with Gasteiger partial charge in [0, 0.05) is 18.4 Å². The van der Waals surface area contributed by atoms with Gasteiger partial charge in [0.15, 0.2) is 0 Å². The Hall–Kier alpha value is -1.65. The summed E-state index contributed by atoms with van der Waals surface area (Å²) < 4.78 is 7.90. The minimum atomic E-state index is 0.229. The van der Waals surface area contributed by atoms with Gasteiger partial charge in [0.05, 0.1) is 24.0 Å². The van der Waals surface area contributed by atoms with Crippen molar-refractivity contribution < 1.29 is 4.74 Å². The highest BCUT2D eigenvalue weighted by Crippen LogP contribution is 2.26. The number of para-hydroxylation sites is 1. The van der Waals surface area contributed by atoms with Crippen LogP contribution in [-0.2, 0) is 4.74 Å². The van der Waals surface area contributed by atoms with E-state index in [1.807, 2.05) is 29.1 Å². The molecule has 1 saturated heterocycles. The Morgan fingerprint density at radius 3 is 2.90 bits per heavy atom. The Morgan fingerprint density at radius 1 is 1.33 bits per heavy atom. The summed E-state index contributed by atoms with van der Waals surface area (Å²) in [6.45, 7) is 3.94. The Balaban J connectivity index is 1.81. The largest absolute Gasteiger partial charge is 0.376 e. The van der Waals surface area contributed by atoms with E-state index in [0.717, 1.165) is 25.3 Å². The molecule has 112 valence electrons. The second-order valence-electron chi connectivity index (χ2n) is 5.49. The SMILES string of the molecule is CCNC(c1cnn(-c2ccccc2)c1)C1CCCCO1. The topological polar surface area (TPSA) is 39.1 Å². The van der Waals surface area contributed by atoms with Crippen molar-refractivity contribution in [3.63, 3.8) is 0 Å². The van der Waals surface area contributed by atoms with Crippen LogP contribution in [0.4, 0.5) is 0 Å². The van der Waals surface area contributed by atoms with Gasteiger partial charge in [-0.1, -0.05) is 25.1 Å². The monoisotopic (exact) mass is 285 g/mol. The molecule has 4 nitrogen and oxygen atoms in total. The zero-order valence-corrected chi connectivity index (χ0v) is 12.5. The lowest BCUT2D eigenvalue weighted by molar-refractivity contribution is -0.00787. The molecule has 0 saturated carbocycles. The fraction of sp³-hybridized carbons (Fsp3) is 0.471. The third-order valence-corrected chi connectivity index (χ3v) is 3.99. The van der Waals surface area contributed by atoms with Crippen molar-refractivity contribution in [2.45, 2.75) is 38.3 Å². The summed E-state index contributed by atoms with van der Waals surface area (Å²) in [5.74, 6) is 0. The van der Waals surface area contributed by atoms with Crippen molar-refractivity contribution >= 4 is 0 Å². The first-order valence-corrected chi connectivity index (χ1v) is 7.83. The molecule has 2 aromatic rings.